The second-order valence-corrected chi connectivity index (χ2v) is 7.04. The lowest BCUT2D eigenvalue weighted by atomic mass is 9.75. The number of hydrogen-bond donors (Lipinski definition) is 1. The SMILES string of the molecule is CN(C)CCNCCN1CCC(C(C)(C)C)CC1. The van der Waals surface area contributed by atoms with Crippen molar-refractivity contribution in [1.82, 2.24) is 15.1 Å². The molecule has 1 rings (SSSR count). The molecular formula is C15H33N3. The molecule has 0 amide bonds. The fraction of sp³-hybridized carbons (Fsp3) is 1.00. The van der Waals surface area contributed by atoms with Crippen molar-refractivity contribution in [2.24, 2.45) is 11.3 Å². The summed E-state index contributed by atoms with van der Waals surface area (Å²) in [5.74, 6) is 0.912. The van der Waals surface area contributed by atoms with Gasteiger partial charge in [0.1, 0.15) is 0 Å². The Morgan fingerprint density at radius 1 is 1.11 bits per heavy atom. The topological polar surface area (TPSA) is 18.5 Å². The minimum Gasteiger partial charge on any atom is -0.314 e. The molecule has 1 N–H and O–H groups in total. The predicted molar refractivity (Wildman–Crippen MR) is 80.0 cm³/mol. The molecule has 0 aromatic rings. The Morgan fingerprint density at radius 3 is 2.22 bits per heavy atom. The maximum absolute atomic E-state index is 3.52. The van der Waals surface area contributed by atoms with Gasteiger partial charge in [0.05, 0.1) is 0 Å². The van der Waals surface area contributed by atoms with Gasteiger partial charge in [-0.15, -0.1) is 0 Å². The van der Waals surface area contributed by atoms with Gasteiger partial charge in [0.25, 0.3) is 0 Å². The van der Waals surface area contributed by atoms with Crippen LogP contribution in [0.25, 0.3) is 0 Å². The number of nitrogens with zero attached hydrogens (tertiary/aromatic N) is 2. The largest absolute Gasteiger partial charge is 0.314 e. The first-order valence-electron chi connectivity index (χ1n) is 7.47. The van der Waals surface area contributed by atoms with Gasteiger partial charge in [0.2, 0.25) is 0 Å². The molecule has 1 heterocycles. The Kier molecular flexibility index (Phi) is 6.61. The van der Waals surface area contributed by atoms with E-state index in [1.54, 1.807) is 0 Å². The highest BCUT2D eigenvalue weighted by atomic mass is 15.1. The van der Waals surface area contributed by atoms with Crippen molar-refractivity contribution in [2.45, 2.75) is 33.6 Å². The number of piperidine rings is 1. The van der Waals surface area contributed by atoms with Gasteiger partial charge in [-0.25, -0.2) is 0 Å². The summed E-state index contributed by atoms with van der Waals surface area (Å²) < 4.78 is 0. The van der Waals surface area contributed by atoms with Gasteiger partial charge in [-0.2, -0.15) is 0 Å². The third-order valence-corrected chi connectivity index (χ3v) is 4.15. The Balaban J connectivity index is 2.06. The van der Waals surface area contributed by atoms with Crippen molar-refractivity contribution >= 4 is 0 Å². The summed E-state index contributed by atoms with van der Waals surface area (Å²) in [4.78, 5) is 4.84. The van der Waals surface area contributed by atoms with Crippen molar-refractivity contribution in [3.8, 4) is 0 Å². The van der Waals surface area contributed by atoms with Crippen LogP contribution in [-0.4, -0.2) is 63.2 Å². The van der Waals surface area contributed by atoms with Gasteiger partial charge in [-0.05, 0) is 51.4 Å². The van der Waals surface area contributed by atoms with Crippen LogP contribution in [0, 0.1) is 11.3 Å². The summed E-state index contributed by atoms with van der Waals surface area (Å²) in [6.45, 7) is 14.3. The van der Waals surface area contributed by atoms with Crippen LogP contribution in [0.3, 0.4) is 0 Å². The first kappa shape index (κ1) is 15.9. The van der Waals surface area contributed by atoms with Gasteiger partial charge < -0.3 is 15.1 Å². The summed E-state index contributed by atoms with van der Waals surface area (Å²) >= 11 is 0. The second-order valence-electron chi connectivity index (χ2n) is 7.04. The highest BCUT2D eigenvalue weighted by Crippen LogP contribution is 2.33. The molecule has 18 heavy (non-hydrogen) atoms. The second kappa shape index (κ2) is 7.46. The highest BCUT2D eigenvalue weighted by molar-refractivity contribution is 4.80. The lowest BCUT2D eigenvalue weighted by molar-refractivity contribution is 0.113. The van der Waals surface area contributed by atoms with Crippen molar-refractivity contribution in [3.63, 3.8) is 0 Å². The first-order chi connectivity index (χ1) is 8.39. The molecule has 0 radical (unpaired) electrons. The number of rotatable bonds is 6. The van der Waals surface area contributed by atoms with E-state index in [2.05, 4.69) is 50.0 Å². The van der Waals surface area contributed by atoms with Crippen LogP contribution in [0.2, 0.25) is 0 Å². The smallest absolute Gasteiger partial charge is 0.0107 e. The van der Waals surface area contributed by atoms with Crippen LogP contribution in [0.4, 0.5) is 0 Å². The molecule has 1 aliphatic rings. The van der Waals surface area contributed by atoms with Gasteiger partial charge in [-0.1, -0.05) is 20.8 Å². The number of nitrogens with one attached hydrogen (secondary N) is 1. The average molecular weight is 255 g/mol. The Labute approximate surface area is 114 Å². The number of likely N-dealkylation sites (tertiary alicyclic amines) is 1. The number of hydrogen-bond acceptors (Lipinski definition) is 3. The zero-order chi connectivity index (χ0) is 13.6. The van der Waals surface area contributed by atoms with Gasteiger partial charge in [0, 0.05) is 26.2 Å². The van der Waals surface area contributed by atoms with E-state index in [0.29, 0.717) is 5.41 Å². The van der Waals surface area contributed by atoms with E-state index in [1.807, 2.05) is 0 Å². The van der Waals surface area contributed by atoms with E-state index in [-0.39, 0.29) is 0 Å². The molecule has 0 aromatic heterocycles. The summed E-state index contributed by atoms with van der Waals surface area (Å²) in [6.07, 6.45) is 2.75. The van der Waals surface area contributed by atoms with E-state index in [9.17, 15) is 0 Å². The molecule has 0 spiro atoms. The van der Waals surface area contributed by atoms with E-state index in [4.69, 9.17) is 0 Å². The maximum Gasteiger partial charge on any atom is 0.0107 e. The quantitative estimate of drug-likeness (QED) is 0.731. The Morgan fingerprint density at radius 2 is 1.72 bits per heavy atom. The van der Waals surface area contributed by atoms with E-state index < -0.39 is 0 Å². The molecule has 108 valence electrons. The highest BCUT2D eigenvalue weighted by Gasteiger charge is 2.28. The molecule has 0 saturated carbocycles. The molecule has 1 saturated heterocycles. The van der Waals surface area contributed by atoms with Crippen LogP contribution in [-0.2, 0) is 0 Å². The first-order valence-corrected chi connectivity index (χ1v) is 7.47. The van der Waals surface area contributed by atoms with E-state index >= 15 is 0 Å². The molecule has 3 nitrogen and oxygen atoms in total. The molecule has 0 aliphatic carbocycles. The molecule has 0 unspecified atom stereocenters. The molecule has 0 bridgehead atoms. The molecule has 1 aliphatic heterocycles. The maximum atomic E-state index is 3.52. The normalized spacial score (nSPS) is 19.7. The molecular weight excluding hydrogens is 222 g/mol. The summed E-state index contributed by atoms with van der Waals surface area (Å²) in [5.41, 5.74) is 0.496. The van der Waals surface area contributed by atoms with Crippen LogP contribution in [0.15, 0.2) is 0 Å². The Hall–Kier alpha value is -0.120. The van der Waals surface area contributed by atoms with Crippen molar-refractivity contribution in [2.75, 3.05) is 53.4 Å². The third kappa shape index (κ3) is 6.17. The fourth-order valence-electron chi connectivity index (χ4n) is 2.69. The van der Waals surface area contributed by atoms with E-state index in [1.165, 1.54) is 32.5 Å². The minimum atomic E-state index is 0.496. The van der Waals surface area contributed by atoms with E-state index in [0.717, 1.165) is 25.6 Å². The lowest BCUT2D eigenvalue weighted by Gasteiger charge is -2.38. The van der Waals surface area contributed by atoms with Gasteiger partial charge >= 0.3 is 0 Å². The lowest BCUT2D eigenvalue weighted by Crippen LogP contribution is -2.41. The third-order valence-electron chi connectivity index (χ3n) is 4.15. The van der Waals surface area contributed by atoms with Crippen LogP contribution < -0.4 is 5.32 Å². The van der Waals surface area contributed by atoms with Gasteiger partial charge in [0.15, 0.2) is 0 Å². The summed E-state index contributed by atoms with van der Waals surface area (Å²) in [7, 11) is 4.25. The van der Waals surface area contributed by atoms with Crippen molar-refractivity contribution in [3.05, 3.63) is 0 Å². The van der Waals surface area contributed by atoms with Crippen LogP contribution >= 0.6 is 0 Å². The monoisotopic (exact) mass is 255 g/mol. The Bertz CT molecular complexity index is 212. The zero-order valence-corrected chi connectivity index (χ0v) is 13.1. The van der Waals surface area contributed by atoms with Crippen molar-refractivity contribution in [1.29, 1.82) is 0 Å². The molecule has 3 heteroatoms. The molecule has 0 atom stereocenters. The summed E-state index contributed by atoms with van der Waals surface area (Å²) in [6, 6.07) is 0. The molecule has 0 aromatic carbocycles. The van der Waals surface area contributed by atoms with Gasteiger partial charge in [-0.3, -0.25) is 0 Å². The molecule has 1 fully saturated rings. The fourth-order valence-corrected chi connectivity index (χ4v) is 2.69. The average Bonchev–Trinajstić information content (AvgIpc) is 2.27. The van der Waals surface area contributed by atoms with Crippen LogP contribution in [0.1, 0.15) is 33.6 Å². The number of likely N-dealkylation sites (N-methyl/N-ethyl adjacent to an activating group) is 1. The van der Waals surface area contributed by atoms with Crippen molar-refractivity contribution < 1.29 is 0 Å². The summed E-state index contributed by atoms with van der Waals surface area (Å²) in [5, 5.41) is 3.52. The minimum absolute atomic E-state index is 0.496. The zero-order valence-electron chi connectivity index (χ0n) is 13.1. The van der Waals surface area contributed by atoms with Crippen LogP contribution in [0.5, 0.6) is 0 Å². The predicted octanol–water partition coefficient (Wildman–Crippen LogP) is 1.90. The standard InChI is InChI=1S/C15H33N3/c1-15(2,3)14-6-10-18(11-7-14)13-9-16-8-12-17(4)5/h14,16H,6-13H2,1-5H3.